The predicted octanol–water partition coefficient (Wildman–Crippen LogP) is 2.28. The van der Waals surface area contributed by atoms with Gasteiger partial charge in [-0.05, 0) is 25.2 Å². The highest BCUT2D eigenvalue weighted by molar-refractivity contribution is 5.76. The number of nitrogens with zero attached hydrogens (tertiary/aromatic N) is 2. The third-order valence-electron chi connectivity index (χ3n) is 3.71. The third-order valence-corrected chi connectivity index (χ3v) is 3.71. The summed E-state index contributed by atoms with van der Waals surface area (Å²) in [5, 5.41) is 2.88. The monoisotopic (exact) mass is 315 g/mol. The summed E-state index contributed by atoms with van der Waals surface area (Å²) < 4.78 is 37.8. The molecule has 1 aliphatic heterocycles. The van der Waals surface area contributed by atoms with Crippen LogP contribution in [0.25, 0.3) is 0 Å². The first-order valence-electron chi connectivity index (χ1n) is 7.24. The van der Waals surface area contributed by atoms with Crippen LogP contribution in [0.1, 0.15) is 12.0 Å². The first-order valence-corrected chi connectivity index (χ1v) is 7.24. The average Bonchev–Trinajstić information content (AvgIpc) is 2.47. The van der Waals surface area contributed by atoms with Crippen LogP contribution >= 0.6 is 0 Å². The zero-order valence-electron chi connectivity index (χ0n) is 12.5. The van der Waals surface area contributed by atoms with E-state index in [0.29, 0.717) is 25.3 Å². The number of carbonyl (C=O) groups excluding carboxylic acids is 1. The van der Waals surface area contributed by atoms with E-state index in [1.165, 1.54) is 6.07 Å². The molecule has 1 amide bonds. The van der Waals surface area contributed by atoms with Gasteiger partial charge in [-0.15, -0.1) is 0 Å². The number of likely N-dealkylation sites (N-methyl/N-ethyl adjacent to an activating group) is 1. The molecule has 4 nitrogen and oxygen atoms in total. The van der Waals surface area contributed by atoms with Crippen molar-refractivity contribution in [2.75, 3.05) is 45.1 Å². The maximum atomic E-state index is 12.6. The van der Waals surface area contributed by atoms with Crippen molar-refractivity contribution in [2.45, 2.75) is 12.6 Å². The standard InChI is InChI=1S/C15H20F3N3O/c1-20-7-9-21(10-8-20)14(22)5-6-19-13-4-2-3-12(11-13)15(16,17)18/h2-4,11,19H,5-10H2,1H3. The van der Waals surface area contributed by atoms with E-state index < -0.39 is 11.7 Å². The molecule has 1 aliphatic rings. The molecule has 1 N–H and O–H groups in total. The SMILES string of the molecule is CN1CCN(C(=O)CCNc2cccc(C(F)(F)F)c2)CC1. The van der Waals surface area contributed by atoms with Gasteiger partial charge in [0.2, 0.25) is 5.91 Å². The van der Waals surface area contributed by atoms with Crippen molar-refractivity contribution >= 4 is 11.6 Å². The molecule has 1 fully saturated rings. The van der Waals surface area contributed by atoms with Crippen LogP contribution in [-0.2, 0) is 11.0 Å². The predicted molar refractivity (Wildman–Crippen MR) is 78.6 cm³/mol. The molecule has 1 saturated heterocycles. The summed E-state index contributed by atoms with van der Waals surface area (Å²) in [5.41, 5.74) is -0.316. The fourth-order valence-corrected chi connectivity index (χ4v) is 2.33. The molecule has 0 aliphatic carbocycles. The molecule has 122 valence electrons. The fraction of sp³-hybridized carbons (Fsp3) is 0.533. The molecule has 0 saturated carbocycles. The Balaban J connectivity index is 1.80. The zero-order chi connectivity index (χ0) is 16.2. The lowest BCUT2D eigenvalue weighted by atomic mass is 10.2. The minimum atomic E-state index is -4.35. The molecule has 0 atom stereocenters. The van der Waals surface area contributed by atoms with E-state index in [-0.39, 0.29) is 12.3 Å². The molecule has 0 aromatic heterocycles. The Morgan fingerprint density at radius 1 is 1.23 bits per heavy atom. The van der Waals surface area contributed by atoms with Gasteiger partial charge in [-0.3, -0.25) is 4.79 Å². The molecule has 7 heteroatoms. The molecular weight excluding hydrogens is 295 g/mol. The lowest BCUT2D eigenvalue weighted by molar-refractivity contribution is -0.137. The number of alkyl halides is 3. The van der Waals surface area contributed by atoms with Crippen LogP contribution < -0.4 is 5.32 Å². The first kappa shape index (κ1) is 16.6. The van der Waals surface area contributed by atoms with Gasteiger partial charge < -0.3 is 15.1 Å². The molecular formula is C15H20F3N3O. The van der Waals surface area contributed by atoms with Gasteiger partial charge in [-0.25, -0.2) is 0 Å². The maximum absolute atomic E-state index is 12.6. The molecule has 1 aromatic rings. The van der Waals surface area contributed by atoms with Crippen molar-refractivity contribution in [1.82, 2.24) is 9.80 Å². The molecule has 0 bridgehead atoms. The summed E-state index contributed by atoms with van der Waals surface area (Å²) in [6, 6.07) is 5.00. The highest BCUT2D eigenvalue weighted by atomic mass is 19.4. The number of hydrogen-bond donors (Lipinski definition) is 1. The Hall–Kier alpha value is -1.76. The second kappa shape index (κ2) is 7.00. The molecule has 0 radical (unpaired) electrons. The van der Waals surface area contributed by atoms with E-state index in [4.69, 9.17) is 0 Å². The Kier molecular flexibility index (Phi) is 5.28. The van der Waals surface area contributed by atoms with Crippen LogP contribution in [0.15, 0.2) is 24.3 Å². The minimum absolute atomic E-state index is 0.0348. The zero-order valence-corrected chi connectivity index (χ0v) is 12.5. The van der Waals surface area contributed by atoms with Gasteiger partial charge >= 0.3 is 6.18 Å². The number of carbonyl (C=O) groups is 1. The summed E-state index contributed by atoms with van der Waals surface area (Å²) >= 11 is 0. The Morgan fingerprint density at radius 3 is 2.55 bits per heavy atom. The van der Waals surface area contributed by atoms with Crippen LogP contribution in [0.5, 0.6) is 0 Å². The Labute approximate surface area is 127 Å². The Morgan fingerprint density at radius 2 is 1.91 bits per heavy atom. The van der Waals surface area contributed by atoms with E-state index in [9.17, 15) is 18.0 Å². The van der Waals surface area contributed by atoms with E-state index in [0.717, 1.165) is 25.2 Å². The lowest BCUT2D eigenvalue weighted by Gasteiger charge is -2.32. The number of benzene rings is 1. The van der Waals surface area contributed by atoms with Gasteiger partial charge in [0, 0.05) is 44.8 Å². The smallest absolute Gasteiger partial charge is 0.385 e. The average molecular weight is 315 g/mol. The topological polar surface area (TPSA) is 35.6 Å². The molecule has 1 heterocycles. The largest absolute Gasteiger partial charge is 0.416 e. The van der Waals surface area contributed by atoms with E-state index in [2.05, 4.69) is 10.2 Å². The van der Waals surface area contributed by atoms with Crippen molar-refractivity contribution in [2.24, 2.45) is 0 Å². The molecule has 0 unspecified atom stereocenters. The summed E-state index contributed by atoms with van der Waals surface area (Å²) in [6.45, 7) is 3.45. The van der Waals surface area contributed by atoms with Crippen LogP contribution in [0.2, 0.25) is 0 Å². The number of halogens is 3. The second-order valence-electron chi connectivity index (χ2n) is 5.44. The Bertz CT molecular complexity index is 511. The van der Waals surface area contributed by atoms with Crippen molar-refractivity contribution in [3.05, 3.63) is 29.8 Å². The van der Waals surface area contributed by atoms with Gasteiger partial charge in [0.1, 0.15) is 0 Å². The number of hydrogen-bond acceptors (Lipinski definition) is 3. The van der Waals surface area contributed by atoms with Crippen molar-refractivity contribution in [3.63, 3.8) is 0 Å². The number of anilines is 1. The fourth-order valence-electron chi connectivity index (χ4n) is 2.33. The van der Waals surface area contributed by atoms with E-state index in [1.807, 2.05) is 7.05 Å². The van der Waals surface area contributed by atoms with Crippen LogP contribution in [0.4, 0.5) is 18.9 Å². The second-order valence-corrected chi connectivity index (χ2v) is 5.44. The number of amides is 1. The quantitative estimate of drug-likeness (QED) is 0.926. The van der Waals surface area contributed by atoms with Gasteiger partial charge in [0.15, 0.2) is 0 Å². The number of nitrogens with one attached hydrogen (secondary N) is 1. The summed E-state index contributed by atoms with van der Waals surface area (Å²) in [6.07, 6.45) is -4.08. The van der Waals surface area contributed by atoms with Gasteiger partial charge in [-0.1, -0.05) is 6.07 Å². The van der Waals surface area contributed by atoms with Gasteiger partial charge in [-0.2, -0.15) is 13.2 Å². The van der Waals surface area contributed by atoms with Crippen molar-refractivity contribution < 1.29 is 18.0 Å². The highest BCUT2D eigenvalue weighted by Gasteiger charge is 2.30. The lowest BCUT2D eigenvalue weighted by Crippen LogP contribution is -2.47. The molecule has 1 aromatic carbocycles. The summed E-state index contributed by atoms with van der Waals surface area (Å²) in [4.78, 5) is 16.0. The van der Waals surface area contributed by atoms with Crippen molar-refractivity contribution in [3.8, 4) is 0 Å². The maximum Gasteiger partial charge on any atom is 0.416 e. The third kappa shape index (κ3) is 4.62. The molecule has 2 rings (SSSR count). The van der Waals surface area contributed by atoms with Gasteiger partial charge in [0.25, 0.3) is 0 Å². The summed E-state index contributed by atoms with van der Waals surface area (Å²) in [7, 11) is 2.01. The van der Waals surface area contributed by atoms with E-state index in [1.54, 1.807) is 11.0 Å². The molecule has 0 spiro atoms. The van der Waals surface area contributed by atoms with Crippen LogP contribution in [0, 0.1) is 0 Å². The molecule has 22 heavy (non-hydrogen) atoms. The van der Waals surface area contributed by atoms with Crippen molar-refractivity contribution in [1.29, 1.82) is 0 Å². The first-order chi connectivity index (χ1) is 10.4. The van der Waals surface area contributed by atoms with E-state index >= 15 is 0 Å². The highest BCUT2D eigenvalue weighted by Crippen LogP contribution is 2.30. The normalized spacial score (nSPS) is 16.6. The van der Waals surface area contributed by atoms with Gasteiger partial charge in [0.05, 0.1) is 5.56 Å². The number of piperazine rings is 1. The minimum Gasteiger partial charge on any atom is -0.385 e. The van der Waals surface area contributed by atoms with Crippen LogP contribution in [0.3, 0.4) is 0 Å². The number of rotatable bonds is 4. The van der Waals surface area contributed by atoms with Crippen LogP contribution in [-0.4, -0.2) is 55.5 Å². The summed E-state index contributed by atoms with van der Waals surface area (Å²) in [5.74, 6) is 0.0348.